The molecule has 7 heteroatoms. The van der Waals surface area contributed by atoms with E-state index in [1.165, 1.54) is 6.07 Å². The molecule has 1 atom stereocenters. The number of amides is 2. The van der Waals surface area contributed by atoms with Crippen LogP contribution in [0.4, 0.5) is 4.79 Å². The van der Waals surface area contributed by atoms with E-state index in [1.54, 1.807) is 29.8 Å². The minimum absolute atomic E-state index is 0.0381. The average molecular weight is 243 g/mol. The second-order valence-corrected chi connectivity index (χ2v) is 4.95. The number of benzene rings is 1. The summed E-state index contributed by atoms with van der Waals surface area (Å²) in [4.78, 5) is 10.5. The van der Waals surface area contributed by atoms with Gasteiger partial charge in [-0.2, -0.15) is 0 Å². The summed E-state index contributed by atoms with van der Waals surface area (Å²) in [6.45, 7) is 1.65. The Morgan fingerprint density at radius 3 is 2.44 bits per heavy atom. The average Bonchev–Trinajstić information content (AvgIpc) is 2.15. The molecule has 0 fully saturated rings. The number of carbonyl (C=O) groups is 1. The summed E-state index contributed by atoms with van der Waals surface area (Å²) in [5, 5.41) is 0. The summed E-state index contributed by atoms with van der Waals surface area (Å²) in [7, 11) is -3.94. The first-order valence-electron chi connectivity index (χ1n) is 4.51. The first-order chi connectivity index (χ1) is 7.34. The lowest BCUT2D eigenvalue weighted by molar-refractivity contribution is 0.253. The van der Waals surface area contributed by atoms with Gasteiger partial charge in [-0.25, -0.2) is 17.9 Å². The molecule has 0 spiro atoms. The maximum atomic E-state index is 11.7. The highest BCUT2D eigenvalue weighted by molar-refractivity contribution is 7.90. The fraction of sp³-hybridized carbons (Fsp3) is 0.222. The van der Waals surface area contributed by atoms with Gasteiger partial charge in [0.15, 0.2) is 0 Å². The van der Waals surface area contributed by atoms with Gasteiger partial charge in [0.1, 0.15) is 0 Å². The first-order valence-corrected chi connectivity index (χ1v) is 5.99. The molecular formula is C9H13N3O3S. The molecule has 0 aliphatic carbocycles. The van der Waals surface area contributed by atoms with Crippen LogP contribution in [-0.4, -0.2) is 14.4 Å². The van der Waals surface area contributed by atoms with Gasteiger partial charge in [-0.05, 0) is 18.6 Å². The van der Waals surface area contributed by atoms with Crippen molar-refractivity contribution in [3.63, 3.8) is 0 Å². The first kappa shape index (κ1) is 12.5. The second kappa shape index (κ2) is 4.50. The number of rotatable bonds is 3. The van der Waals surface area contributed by atoms with E-state index in [4.69, 9.17) is 11.5 Å². The van der Waals surface area contributed by atoms with Crippen LogP contribution in [0.25, 0.3) is 0 Å². The predicted octanol–water partition coefficient (Wildman–Crippen LogP) is 0.0633. The van der Waals surface area contributed by atoms with Gasteiger partial charge >= 0.3 is 6.03 Å². The molecule has 0 aliphatic rings. The molecule has 0 bridgehead atoms. The van der Waals surface area contributed by atoms with Crippen molar-refractivity contribution in [2.75, 3.05) is 0 Å². The largest absolute Gasteiger partial charge is 0.351 e. The van der Waals surface area contributed by atoms with Gasteiger partial charge in [-0.15, -0.1) is 0 Å². The third kappa shape index (κ3) is 2.71. The summed E-state index contributed by atoms with van der Waals surface area (Å²) in [5.41, 5.74) is 10.8. The fourth-order valence-corrected chi connectivity index (χ4v) is 2.49. The van der Waals surface area contributed by atoms with Crippen LogP contribution in [0.5, 0.6) is 0 Å². The fourth-order valence-electron chi connectivity index (χ4n) is 1.29. The summed E-state index contributed by atoms with van der Waals surface area (Å²) in [6, 6.07) is 4.58. The Morgan fingerprint density at radius 1 is 1.38 bits per heavy atom. The van der Waals surface area contributed by atoms with Crippen LogP contribution in [0.15, 0.2) is 29.2 Å². The van der Waals surface area contributed by atoms with Crippen molar-refractivity contribution in [3.8, 4) is 0 Å². The lowest BCUT2D eigenvalue weighted by Crippen LogP contribution is -2.35. The molecule has 88 valence electrons. The van der Waals surface area contributed by atoms with Crippen LogP contribution in [0, 0.1) is 0 Å². The molecule has 1 rings (SSSR count). The van der Waals surface area contributed by atoms with Crippen molar-refractivity contribution in [1.29, 1.82) is 0 Å². The predicted molar refractivity (Wildman–Crippen MR) is 58.9 cm³/mol. The lowest BCUT2D eigenvalue weighted by atomic mass is 10.1. The molecule has 5 N–H and O–H groups in total. The van der Waals surface area contributed by atoms with E-state index in [-0.39, 0.29) is 4.90 Å². The molecule has 0 saturated carbocycles. The lowest BCUT2D eigenvalue weighted by Gasteiger charge is -2.12. The molecule has 0 radical (unpaired) electrons. The number of nitrogens with one attached hydrogen (secondary N) is 1. The van der Waals surface area contributed by atoms with E-state index in [9.17, 15) is 13.2 Å². The molecule has 1 aromatic rings. The van der Waals surface area contributed by atoms with Gasteiger partial charge in [-0.1, -0.05) is 18.2 Å². The van der Waals surface area contributed by atoms with Crippen molar-refractivity contribution in [2.45, 2.75) is 17.9 Å². The summed E-state index contributed by atoms with van der Waals surface area (Å²) < 4.78 is 25.1. The van der Waals surface area contributed by atoms with Crippen molar-refractivity contribution >= 4 is 16.1 Å². The van der Waals surface area contributed by atoms with Gasteiger partial charge in [0, 0.05) is 6.04 Å². The zero-order valence-corrected chi connectivity index (χ0v) is 9.49. The van der Waals surface area contributed by atoms with Crippen LogP contribution in [-0.2, 0) is 10.0 Å². The molecule has 1 aromatic carbocycles. The molecule has 1 unspecified atom stereocenters. The molecule has 2 amide bonds. The quantitative estimate of drug-likeness (QED) is 0.696. The normalized spacial score (nSPS) is 13.1. The van der Waals surface area contributed by atoms with Crippen molar-refractivity contribution < 1.29 is 13.2 Å². The Balaban J connectivity index is 3.28. The van der Waals surface area contributed by atoms with E-state index in [2.05, 4.69) is 0 Å². The molecular weight excluding hydrogens is 230 g/mol. The van der Waals surface area contributed by atoms with E-state index in [0.29, 0.717) is 5.56 Å². The van der Waals surface area contributed by atoms with Gasteiger partial charge < -0.3 is 11.5 Å². The second-order valence-electron chi connectivity index (χ2n) is 3.30. The van der Waals surface area contributed by atoms with Gasteiger partial charge in [-0.3, -0.25) is 0 Å². The molecule has 0 aliphatic heterocycles. The van der Waals surface area contributed by atoms with Gasteiger partial charge in [0.2, 0.25) is 0 Å². The molecule has 16 heavy (non-hydrogen) atoms. The van der Waals surface area contributed by atoms with Crippen molar-refractivity contribution in [2.24, 2.45) is 11.5 Å². The number of urea groups is 1. The number of primary amides is 1. The monoisotopic (exact) mass is 243 g/mol. The van der Waals surface area contributed by atoms with Gasteiger partial charge in [0.25, 0.3) is 10.0 Å². The standard InChI is InChI=1S/C9H13N3O3S/c1-6(10)7-4-2-3-5-8(7)16(14,15)12-9(11)13/h2-6H,10H2,1H3,(H3,11,12,13). The van der Waals surface area contributed by atoms with Crippen LogP contribution >= 0.6 is 0 Å². The Labute approximate surface area is 93.7 Å². The molecule has 0 saturated heterocycles. The summed E-state index contributed by atoms with van der Waals surface area (Å²) in [5.74, 6) is 0. The molecule has 6 nitrogen and oxygen atoms in total. The molecule has 0 heterocycles. The highest BCUT2D eigenvalue weighted by Crippen LogP contribution is 2.20. The summed E-state index contributed by atoms with van der Waals surface area (Å²) in [6.07, 6.45) is 0. The zero-order valence-electron chi connectivity index (χ0n) is 8.67. The number of sulfonamides is 1. The Hall–Kier alpha value is -1.60. The van der Waals surface area contributed by atoms with Gasteiger partial charge in [0.05, 0.1) is 4.90 Å². The van der Waals surface area contributed by atoms with Crippen molar-refractivity contribution in [3.05, 3.63) is 29.8 Å². The Morgan fingerprint density at radius 2 is 1.94 bits per heavy atom. The van der Waals surface area contributed by atoms with Crippen molar-refractivity contribution in [1.82, 2.24) is 4.72 Å². The smallest absolute Gasteiger partial charge is 0.326 e. The Kier molecular flexibility index (Phi) is 3.51. The number of hydrogen-bond donors (Lipinski definition) is 3. The number of carbonyl (C=O) groups excluding carboxylic acids is 1. The molecule has 0 aromatic heterocycles. The maximum Gasteiger partial charge on any atom is 0.326 e. The minimum atomic E-state index is -3.94. The Bertz CT molecular complexity index is 496. The van der Waals surface area contributed by atoms with Crippen LogP contribution < -0.4 is 16.2 Å². The summed E-state index contributed by atoms with van der Waals surface area (Å²) >= 11 is 0. The highest BCUT2D eigenvalue weighted by atomic mass is 32.2. The van der Waals surface area contributed by atoms with Crippen LogP contribution in [0.1, 0.15) is 18.5 Å². The van der Waals surface area contributed by atoms with Crippen LogP contribution in [0.3, 0.4) is 0 Å². The van der Waals surface area contributed by atoms with Crippen LogP contribution in [0.2, 0.25) is 0 Å². The van der Waals surface area contributed by atoms with E-state index < -0.39 is 22.1 Å². The minimum Gasteiger partial charge on any atom is -0.351 e. The van der Waals surface area contributed by atoms with E-state index in [1.807, 2.05) is 0 Å². The SMILES string of the molecule is CC(N)c1ccccc1S(=O)(=O)NC(N)=O. The van der Waals surface area contributed by atoms with E-state index >= 15 is 0 Å². The third-order valence-electron chi connectivity index (χ3n) is 1.93. The number of nitrogens with two attached hydrogens (primary N) is 2. The topological polar surface area (TPSA) is 115 Å². The third-order valence-corrected chi connectivity index (χ3v) is 3.35. The van der Waals surface area contributed by atoms with E-state index in [0.717, 1.165) is 0 Å². The zero-order chi connectivity index (χ0) is 12.3. The maximum absolute atomic E-state index is 11.7. The highest BCUT2D eigenvalue weighted by Gasteiger charge is 2.20. The number of hydrogen-bond acceptors (Lipinski definition) is 4.